The average Bonchev–Trinajstić information content (AvgIpc) is 3.40. The minimum atomic E-state index is -4.16. The number of hydrogen-bond donors (Lipinski definition) is 2. The molecular weight excluding hydrogens is 407 g/mol. The van der Waals surface area contributed by atoms with Gasteiger partial charge < -0.3 is 15.4 Å². The number of hydrogen-bond acceptors (Lipinski definition) is 4. The second-order valence-electron chi connectivity index (χ2n) is 8.23. The molecule has 2 heterocycles. The molecule has 2 aliphatic rings. The number of methoxy groups -OCH3 is 1. The van der Waals surface area contributed by atoms with Gasteiger partial charge >= 0.3 is 6.18 Å². The van der Waals surface area contributed by atoms with Crippen LogP contribution in [0.4, 0.5) is 13.2 Å². The van der Waals surface area contributed by atoms with E-state index in [0.717, 1.165) is 18.8 Å². The fraction of sp³-hybridized carbons (Fsp3) is 0.682. The number of nitrogens with zero attached hydrogens (tertiary/aromatic N) is 3. The van der Waals surface area contributed by atoms with Gasteiger partial charge in [0.05, 0.1) is 26.2 Å². The number of alkyl halides is 3. The highest BCUT2D eigenvalue weighted by Crippen LogP contribution is 2.27. The summed E-state index contributed by atoms with van der Waals surface area (Å²) >= 11 is 0. The molecule has 1 aromatic carbocycles. The third-order valence-electron chi connectivity index (χ3n) is 5.86. The van der Waals surface area contributed by atoms with Gasteiger partial charge in [0.2, 0.25) is 0 Å². The smallest absolute Gasteiger partial charge is 0.401 e. The molecule has 0 aliphatic carbocycles. The highest BCUT2D eigenvalue weighted by molar-refractivity contribution is 5.80. The van der Waals surface area contributed by atoms with Crippen LogP contribution in [-0.2, 0) is 0 Å². The van der Waals surface area contributed by atoms with Crippen LogP contribution >= 0.6 is 0 Å². The molecule has 2 atom stereocenters. The van der Waals surface area contributed by atoms with E-state index in [4.69, 9.17) is 9.73 Å². The minimum Gasteiger partial charge on any atom is -0.497 e. The summed E-state index contributed by atoms with van der Waals surface area (Å²) in [6.45, 7) is 5.33. The number of aliphatic imine (C=N–C) groups is 1. The Bertz CT molecular complexity index is 704. The first kappa shape index (κ1) is 23.7. The van der Waals surface area contributed by atoms with Gasteiger partial charge in [-0.05, 0) is 57.0 Å². The summed E-state index contributed by atoms with van der Waals surface area (Å²) in [5.74, 6) is 1.49. The predicted octanol–water partition coefficient (Wildman–Crippen LogP) is 3.02. The van der Waals surface area contributed by atoms with E-state index < -0.39 is 12.7 Å². The van der Waals surface area contributed by atoms with Crippen LogP contribution in [0.25, 0.3) is 0 Å². The molecule has 0 spiro atoms. The van der Waals surface area contributed by atoms with E-state index in [0.29, 0.717) is 38.6 Å². The molecule has 1 aromatic rings. The van der Waals surface area contributed by atoms with Crippen molar-refractivity contribution in [3.05, 3.63) is 29.8 Å². The molecule has 0 aromatic heterocycles. The Labute approximate surface area is 182 Å². The van der Waals surface area contributed by atoms with Gasteiger partial charge in [0.1, 0.15) is 5.75 Å². The fourth-order valence-electron chi connectivity index (χ4n) is 4.35. The van der Waals surface area contributed by atoms with Crippen molar-refractivity contribution < 1.29 is 17.9 Å². The van der Waals surface area contributed by atoms with Crippen molar-refractivity contribution in [2.75, 3.05) is 52.9 Å². The summed E-state index contributed by atoms with van der Waals surface area (Å²) in [7, 11) is 1.66. The van der Waals surface area contributed by atoms with E-state index in [1.807, 2.05) is 19.1 Å². The van der Waals surface area contributed by atoms with Gasteiger partial charge in [-0.1, -0.05) is 12.1 Å². The van der Waals surface area contributed by atoms with Gasteiger partial charge in [-0.25, -0.2) is 0 Å². The van der Waals surface area contributed by atoms with Crippen molar-refractivity contribution in [1.82, 2.24) is 20.4 Å². The van der Waals surface area contributed by atoms with Crippen molar-refractivity contribution >= 4 is 5.96 Å². The van der Waals surface area contributed by atoms with Crippen LogP contribution < -0.4 is 15.4 Å². The van der Waals surface area contributed by atoms with Crippen molar-refractivity contribution in [3.63, 3.8) is 0 Å². The first-order chi connectivity index (χ1) is 14.9. The number of rotatable bonds is 8. The largest absolute Gasteiger partial charge is 0.497 e. The number of guanidine groups is 1. The van der Waals surface area contributed by atoms with Crippen LogP contribution in [-0.4, -0.2) is 80.9 Å². The Balaban J connectivity index is 1.65. The van der Waals surface area contributed by atoms with E-state index in [1.165, 1.54) is 23.3 Å². The van der Waals surface area contributed by atoms with Gasteiger partial charge in [0.25, 0.3) is 0 Å². The molecule has 174 valence electrons. The summed E-state index contributed by atoms with van der Waals surface area (Å²) in [5, 5.41) is 6.59. The normalized spacial score (nSPS) is 22.0. The monoisotopic (exact) mass is 441 g/mol. The molecule has 31 heavy (non-hydrogen) atoms. The molecule has 2 N–H and O–H groups in total. The van der Waals surface area contributed by atoms with Crippen molar-refractivity contribution in [3.8, 4) is 5.75 Å². The summed E-state index contributed by atoms with van der Waals surface area (Å²) in [4.78, 5) is 8.73. The van der Waals surface area contributed by atoms with Crippen LogP contribution in [0.15, 0.2) is 29.3 Å². The number of benzene rings is 1. The van der Waals surface area contributed by atoms with E-state index in [1.54, 1.807) is 7.11 Å². The highest BCUT2D eigenvalue weighted by atomic mass is 19.4. The summed E-state index contributed by atoms with van der Waals surface area (Å²) in [5.41, 5.74) is 1.19. The molecular formula is C22H34F3N5O. The Morgan fingerprint density at radius 1 is 1.19 bits per heavy atom. The number of nitrogens with one attached hydrogen (secondary N) is 2. The van der Waals surface area contributed by atoms with Crippen molar-refractivity contribution in [1.29, 1.82) is 0 Å². The lowest BCUT2D eigenvalue weighted by Gasteiger charge is -2.27. The summed E-state index contributed by atoms with van der Waals surface area (Å²) in [6, 6.07) is 8.24. The fourth-order valence-corrected chi connectivity index (χ4v) is 4.35. The maximum absolute atomic E-state index is 12.7. The average molecular weight is 442 g/mol. The Kier molecular flexibility index (Phi) is 8.43. The maximum atomic E-state index is 12.7. The van der Waals surface area contributed by atoms with E-state index in [2.05, 4.69) is 27.7 Å². The van der Waals surface area contributed by atoms with Crippen LogP contribution in [0, 0.1) is 0 Å². The first-order valence-corrected chi connectivity index (χ1v) is 11.1. The molecule has 9 heteroatoms. The SMILES string of the molecule is CCNC(=NCC(c1ccc(OC)cc1)N1CCCC1)NC1CCN(CC(F)(F)F)C1. The topological polar surface area (TPSA) is 52.1 Å². The Morgan fingerprint density at radius 2 is 1.90 bits per heavy atom. The zero-order valence-corrected chi connectivity index (χ0v) is 18.4. The molecule has 6 nitrogen and oxygen atoms in total. The number of halogens is 3. The van der Waals surface area contributed by atoms with Gasteiger partial charge in [0.15, 0.2) is 5.96 Å². The first-order valence-electron chi connectivity index (χ1n) is 11.1. The van der Waals surface area contributed by atoms with Crippen molar-refractivity contribution in [2.45, 2.75) is 44.4 Å². The quantitative estimate of drug-likeness (QED) is 0.480. The lowest BCUT2D eigenvalue weighted by Crippen LogP contribution is -2.45. The number of ether oxygens (including phenoxy) is 1. The van der Waals surface area contributed by atoms with Gasteiger partial charge in [-0.2, -0.15) is 13.2 Å². The van der Waals surface area contributed by atoms with Crippen LogP contribution in [0.2, 0.25) is 0 Å². The Hall–Kier alpha value is -2.00. The molecule has 0 saturated carbocycles. The third kappa shape index (κ3) is 7.28. The van der Waals surface area contributed by atoms with Gasteiger partial charge in [0, 0.05) is 25.7 Å². The molecule has 2 fully saturated rings. The van der Waals surface area contributed by atoms with E-state index in [9.17, 15) is 13.2 Å². The maximum Gasteiger partial charge on any atom is 0.401 e. The van der Waals surface area contributed by atoms with E-state index >= 15 is 0 Å². The van der Waals surface area contributed by atoms with Crippen LogP contribution in [0.1, 0.15) is 37.8 Å². The minimum absolute atomic E-state index is 0.0358. The van der Waals surface area contributed by atoms with Crippen molar-refractivity contribution in [2.24, 2.45) is 4.99 Å². The summed E-state index contributed by atoms with van der Waals surface area (Å²) < 4.78 is 43.3. The lowest BCUT2D eigenvalue weighted by atomic mass is 10.1. The molecule has 2 saturated heterocycles. The third-order valence-corrected chi connectivity index (χ3v) is 5.86. The zero-order chi connectivity index (χ0) is 22.3. The molecule has 2 aliphatic heterocycles. The molecule has 0 radical (unpaired) electrons. The highest BCUT2D eigenvalue weighted by Gasteiger charge is 2.34. The van der Waals surface area contributed by atoms with Crippen LogP contribution in [0.5, 0.6) is 5.75 Å². The van der Waals surface area contributed by atoms with E-state index in [-0.39, 0.29) is 12.1 Å². The number of likely N-dealkylation sites (tertiary alicyclic amines) is 2. The molecule has 0 amide bonds. The predicted molar refractivity (Wildman–Crippen MR) is 117 cm³/mol. The van der Waals surface area contributed by atoms with Gasteiger partial charge in [-0.3, -0.25) is 14.8 Å². The molecule has 0 bridgehead atoms. The lowest BCUT2D eigenvalue weighted by molar-refractivity contribution is -0.143. The standard InChI is InChI=1S/C22H34F3N5O/c1-3-26-21(28-18-10-13-29(15-18)16-22(23,24)25)27-14-20(30-11-4-5-12-30)17-6-8-19(31-2)9-7-17/h6-9,18,20H,3-5,10-16H2,1-2H3,(H2,26,27,28). The molecule has 2 unspecified atom stereocenters. The Morgan fingerprint density at radius 3 is 2.52 bits per heavy atom. The van der Waals surface area contributed by atoms with Crippen LogP contribution in [0.3, 0.4) is 0 Å². The molecule has 3 rings (SSSR count). The zero-order valence-electron chi connectivity index (χ0n) is 18.4. The second kappa shape index (κ2) is 11.0. The summed E-state index contributed by atoms with van der Waals surface area (Å²) in [6.07, 6.45) is -1.11. The second-order valence-corrected chi connectivity index (χ2v) is 8.23. The van der Waals surface area contributed by atoms with Gasteiger partial charge in [-0.15, -0.1) is 0 Å².